The van der Waals surface area contributed by atoms with Crippen LogP contribution >= 0.6 is 0 Å². The van der Waals surface area contributed by atoms with Crippen LogP contribution < -0.4 is 5.32 Å². The second-order valence-corrected chi connectivity index (χ2v) is 6.57. The second-order valence-electron chi connectivity index (χ2n) is 6.57. The van der Waals surface area contributed by atoms with Gasteiger partial charge in [0, 0.05) is 50.8 Å². The molecule has 1 N–H and O–H groups in total. The number of carbonyl (C=O) groups excluding carboxylic acids is 1. The first-order chi connectivity index (χ1) is 11.3. The van der Waals surface area contributed by atoms with Gasteiger partial charge in [0.15, 0.2) is 0 Å². The highest BCUT2D eigenvalue weighted by atomic mass is 16.5. The van der Waals surface area contributed by atoms with Crippen molar-refractivity contribution < 1.29 is 9.53 Å². The summed E-state index contributed by atoms with van der Waals surface area (Å²) in [4.78, 5) is 15.1. The minimum Gasteiger partial charge on any atom is -0.381 e. The summed E-state index contributed by atoms with van der Waals surface area (Å²) in [5.41, 5.74) is 0. The lowest BCUT2D eigenvalue weighted by atomic mass is 9.99. The van der Waals surface area contributed by atoms with Gasteiger partial charge in [-0.25, -0.2) is 0 Å². The Hall–Kier alpha value is -1.40. The van der Waals surface area contributed by atoms with E-state index >= 15 is 0 Å². The van der Waals surface area contributed by atoms with E-state index in [2.05, 4.69) is 15.3 Å². The maximum Gasteiger partial charge on any atom is 0.245 e. The first-order valence-electron chi connectivity index (χ1n) is 8.89. The van der Waals surface area contributed by atoms with E-state index in [-0.39, 0.29) is 11.9 Å². The molecule has 3 heterocycles. The topological polar surface area (TPSA) is 59.4 Å². The lowest BCUT2D eigenvalue weighted by molar-refractivity contribution is -0.125. The zero-order valence-corrected chi connectivity index (χ0v) is 14.0. The minimum absolute atomic E-state index is 0.0979. The monoisotopic (exact) mass is 320 g/mol. The number of likely N-dealkylation sites (tertiary alicyclic amines) is 1. The van der Waals surface area contributed by atoms with Crippen LogP contribution in [0.25, 0.3) is 0 Å². The molecule has 1 amide bonds. The smallest absolute Gasteiger partial charge is 0.245 e. The average Bonchev–Trinajstić information content (AvgIpc) is 3.11. The zero-order chi connectivity index (χ0) is 16.1. The average molecular weight is 320 g/mol. The molecule has 6 nitrogen and oxygen atoms in total. The highest BCUT2D eigenvalue weighted by Gasteiger charge is 2.28. The van der Waals surface area contributed by atoms with E-state index in [0.29, 0.717) is 12.1 Å². The fourth-order valence-electron chi connectivity index (χ4n) is 3.71. The van der Waals surface area contributed by atoms with Crippen LogP contribution in [-0.4, -0.2) is 59.0 Å². The molecule has 0 radical (unpaired) electrons. The molecule has 3 rings (SSSR count). The molecule has 0 saturated carbocycles. The number of aromatic nitrogens is 2. The van der Waals surface area contributed by atoms with Crippen molar-refractivity contribution in [3.8, 4) is 0 Å². The normalized spacial score (nSPS) is 22.8. The SMILES string of the molecule is CC[C@H](C(=O)NC1CCN(C2CCOCC2)CC1)n1cccn1. The molecule has 0 aliphatic carbocycles. The molecule has 0 aromatic carbocycles. The van der Waals surface area contributed by atoms with Crippen LogP contribution in [0.2, 0.25) is 0 Å². The number of piperidine rings is 1. The Kier molecular flexibility index (Phi) is 5.67. The molecule has 128 valence electrons. The highest BCUT2D eigenvalue weighted by molar-refractivity contribution is 5.80. The van der Waals surface area contributed by atoms with Gasteiger partial charge in [0.05, 0.1) is 0 Å². The Morgan fingerprint density at radius 1 is 1.30 bits per heavy atom. The quantitative estimate of drug-likeness (QED) is 0.895. The molecule has 0 bridgehead atoms. The Morgan fingerprint density at radius 2 is 2.04 bits per heavy atom. The summed E-state index contributed by atoms with van der Waals surface area (Å²) in [6.45, 7) is 5.97. The third-order valence-corrected chi connectivity index (χ3v) is 5.12. The summed E-state index contributed by atoms with van der Waals surface area (Å²) in [5.74, 6) is 0.0979. The predicted molar refractivity (Wildman–Crippen MR) is 88.1 cm³/mol. The fourth-order valence-corrected chi connectivity index (χ4v) is 3.71. The molecule has 2 saturated heterocycles. The number of nitrogens with one attached hydrogen (secondary N) is 1. The zero-order valence-electron chi connectivity index (χ0n) is 14.0. The van der Waals surface area contributed by atoms with Gasteiger partial charge in [-0.1, -0.05) is 6.92 Å². The van der Waals surface area contributed by atoms with Crippen LogP contribution in [0.1, 0.15) is 45.1 Å². The Balaban J connectivity index is 1.47. The highest BCUT2D eigenvalue weighted by Crippen LogP contribution is 2.20. The number of hydrogen-bond acceptors (Lipinski definition) is 4. The van der Waals surface area contributed by atoms with E-state index in [1.165, 1.54) is 0 Å². The Labute approximate surface area is 138 Å². The lowest BCUT2D eigenvalue weighted by Gasteiger charge is -2.39. The van der Waals surface area contributed by atoms with Gasteiger partial charge in [0.25, 0.3) is 0 Å². The van der Waals surface area contributed by atoms with Crippen LogP contribution in [0.5, 0.6) is 0 Å². The summed E-state index contributed by atoms with van der Waals surface area (Å²) in [6, 6.07) is 2.64. The molecule has 0 spiro atoms. The molecule has 6 heteroatoms. The van der Waals surface area contributed by atoms with Crippen LogP contribution in [0.3, 0.4) is 0 Å². The van der Waals surface area contributed by atoms with Crippen LogP contribution in [0.4, 0.5) is 0 Å². The Morgan fingerprint density at radius 3 is 2.65 bits per heavy atom. The maximum absolute atomic E-state index is 12.5. The summed E-state index contributed by atoms with van der Waals surface area (Å²) in [6.07, 6.45) is 8.72. The van der Waals surface area contributed by atoms with E-state index in [4.69, 9.17) is 4.74 Å². The summed E-state index contributed by atoms with van der Waals surface area (Å²) < 4.78 is 7.20. The number of ether oxygens (including phenoxy) is 1. The van der Waals surface area contributed by atoms with Gasteiger partial charge in [-0.2, -0.15) is 5.10 Å². The third-order valence-electron chi connectivity index (χ3n) is 5.12. The van der Waals surface area contributed by atoms with E-state index in [0.717, 1.165) is 58.4 Å². The van der Waals surface area contributed by atoms with Crippen LogP contribution in [0.15, 0.2) is 18.5 Å². The molecule has 0 unspecified atom stereocenters. The predicted octanol–water partition coefficient (Wildman–Crippen LogP) is 1.59. The van der Waals surface area contributed by atoms with Crippen molar-refractivity contribution in [1.82, 2.24) is 20.0 Å². The van der Waals surface area contributed by atoms with Crippen molar-refractivity contribution in [2.24, 2.45) is 0 Å². The van der Waals surface area contributed by atoms with Gasteiger partial charge >= 0.3 is 0 Å². The largest absolute Gasteiger partial charge is 0.381 e. The summed E-state index contributed by atoms with van der Waals surface area (Å²) >= 11 is 0. The number of nitrogens with zero attached hydrogens (tertiary/aromatic N) is 3. The number of rotatable bonds is 5. The minimum atomic E-state index is -0.196. The second kappa shape index (κ2) is 7.93. The van der Waals surface area contributed by atoms with Crippen molar-refractivity contribution in [2.75, 3.05) is 26.3 Å². The number of amides is 1. The Bertz CT molecular complexity index is 477. The molecule has 2 aliphatic rings. The summed E-state index contributed by atoms with van der Waals surface area (Å²) in [5, 5.41) is 7.44. The van der Waals surface area contributed by atoms with Gasteiger partial charge in [0.2, 0.25) is 5.91 Å². The molecular weight excluding hydrogens is 292 g/mol. The molecule has 2 aliphatic heterocycles. The molecule has 1 atom stereocenters. The molecule has 2 fully saturated rings. The van der Waals surface area contributed by atoms with Crippen LogP contribution in [-0.2, 0) is 9.53 Å². The lowest BCUT2D eigenvalue weighted by Crippen LogP contribution is -2.50. The van der Waals surface area contributed by atoms with Gasteiger partial charge in [-0.3, -0.25) is 9.48 Å². The van der Waals surface area contributed by atoms with E-state index < -0.39 is 0 Å². The van der Waals surface area contributed by atoms with Crippen molar-refractivity contribution in [3.63, 3.8) is 0 Å². The van der Waals surface area contributed by atoms with Crippen molar-refractivity contribution in [3.05, 3.63) is 18.5 Å². The van der Waals surface area contributed by atoms with Gasteiger partial charge in [0.1, 0.15) is 6.04 Å². The first kappa shape index (κ1) is 16.5. The molecule has 23 heavy (non-hydrogen) atoms. The summed E-state index contributed by atoms with van der Waals surface area (Å²) in [7, 11) is 0. The van der Waals surface area contributed by atoms with E-state index in [9.17, 15) is 4.79 Å². The van der Waals surface area contributed by atoms with Gasteiger partial charge in [-0.05, 0) is 38.2 Å². The third kappa shape index (κ3) is 4.12. The maximum atomic E-state index is 12.5. The molecule has 1 aromatic heterocycles. The first-order valence-corrected chi connectivity index (χ1v) is 8.89. The standard InChI is InChI=1S/C17H28N4O2/c1-2-16(21-9-3-8-18-21)17(22)19-14-4-10-20(11-5-14)15-6-12-23-13-7-15/h3,8-9,14-16H,2,4-7,10-13H2,1H3,(H,19,22)/t16-/m1/s1. The van der Waals surface area contributed by atoms with E-state index in [1.807, 2.05) is 19.2 Å². The van der Waals surface area contributed by atoms with E-state index in [1.54, 1.807) is 10.9 Å². The van der Waals surface area contributed by atoms with Crippen molar-refractivity contribution in [1.29, 1.82) is 0 Å². The van der Waals surface area contributed by atoms with Gasteiger partial charge < -0.3 is 15.0 Å². The number of carbonyl (C=O) groups is 1. The molecule has 1 aromatic rings. The molecular formula is C17H28N4O2. The number of hydrogen-bond donors (Lipinski definition) is 1. The fraction of sp³-hybridized carbons (Fsp3) is 0.765. The van der Waals surface area contributed by atoms with Crippen molar-refractivity contribution in [2.45, 2.75) is 57.2 Å². The van der Waals surface area contributed by atoms with Crippen LogP contribution in [0, 0.1) is 0 Å². The van der Waals surface area contributed by atoms with Gasteiger partial charge in [-0.15, -0.1) is 0 Å². The van der Waals surface area contributed by atoms with Crippen molar-refractivity contribution >= 4 is 5.91 Å².